The molecule has 0 aliphatic heterocycles. The lowest BCUT2D eigenvalue weighted by Crippen LogP contribution is -2.63. The highest BCUT2D eigenvalue weighted by atomic mass is 16.3. The molecule has 0 unspecified atom stereocenters. The van der Waals surface area contributed by atoms with Crippen molar-refractivity contribution in [1.29, 1.82) is 0 Å². The topological polar surface area (TPSA) is 101 Å². The Morgan fingerprint density at radius 3 is 2.61 bits per heavy atom. The van der Waals surface area contributed by atoms with Gasteiger partial charge in [0.05, 0.1) is 12.6 Å². The van der Waals surface area contributed by atoms with Gasteiger partial charge in [-0.1, -0.05) is 39.3 Å². The Hall–Kier alpha value is -1.30. The predicted molar refractivity (Wildman–Crippen MR) is 106 cm³/mol. The van der Waals surface area contributed by atoms with Crippen molar-refractivity contribution >= 4 is 11.6 Å². The molecule has 4 rings (SSSR count). The molecule has 154 valence electrons. The second-order valence-electron chi connectivity index (χ2n) is 10.3. The lowest BCUT2D eigenvalue weighted by atomic mass is 9.44. The average molecular weight is 388 g/mol. The summed E-state index contributed by atoms with van der Waals surface area (Å²) < 4.78 is 0. The highest BCUT2D eigenvalue weighted by molar-refractivity contribution is 6.01. The fourth-order valence-electron chi connectivity index (χ4n) is 7.83. The molecule has 5 nitrogen and oxygen atoms in total. The molecule has 3 fully saturated rings. The summed E-state index contributed by atoms with van der Waals surface area (Å²) in [6.45, 7) is 8.03. The van der Waals surface area contributed by atoms with Crippen LogP contribution in [0.1, 0.15) is 47.0 Å². The van der Waals surface area contributed by atoms with Crippen LogP contribution in [-0.2, 0) is 9.59 Å². The quantitative estimate of drug-likeness (QED) is 0.673. The van der Waals surface area contributed by atoms with E-state index in [1.807, 2.05) is 19.9 Å². The van der Waals surface area contributed by atoms with Gasteiger partial charge in [0, 0.05) is 16.7 Å². The maximum Gasteiger partial charge on any atom is 0.178 e. The van der Waals surface area contributed by atoms with Crippen LogP contribution in [0.15, 0.2) is 23.8 Å². The van der Waals surface area contributed by atoms with Gasteiger partial charge < -0.3 is 15.9 Å². The van der Waals surface area contributed by atoms with Crippen molar-refractivity contribution in [3.8, 4) is 0 Å². The van der Waals surface area contributed by atoms with Crippen molar-refractivity contribution in [1.82, 2.24) is 0 Å². The zero-order valence-electron chi connectivity index (χ0n) is 17.3. The highest BCUT2D eigenvalue weighted by Crippen LogP contribution is 2.68. The first-order chi connectivity index (χ1) is 13.0. The Morgan fingerprint density at radius 2 is 1.96 bits per heavy atom. The number of carbonyl (C=O) groups excluding carboxylic acids is 2. The second kappa shape index (κ2) is 6.10. The van der Waals surface area contributed by atoms with E-state index in [1.54, 1.807) is 12.2 Å². The molecule has 0 aromatic heterocycles. The number of allylic oxidation sites excluding steroid dienone is 4. The SMILES string of the molecule is C[C@@H]1C[C@H]2[C@@H]3C[C@H](C)C4=CC(=O)C=C[C@]4(C)[C@H]3[C@@H](O)C[C@]2(C)[C@@]1(O)C(=O)CN. The van der Waals surface area contributed by atoms with E-state index in [2.05, 4.69) is 13.8 Å². The van der Waals surface area contributed by atoms with Gasteiger partial charge in [-0.3, -0.25) is 9.59 Å². The van der Waals surface area contributed by atoms with E-state index in [0.717, 1.165) is 18.4 Å². The van der Waals surface area contributed by atoms with Gasteiger partial charge in [0.25, 0.3) is 0 Å². The summed E-state index contributed by atoms with van der Waals surface area (Å²) in [4.78, 5) is 24.8. The smallest absolute Gasteiger partial charge is 0.178 e. The van der Waals surface area contributed by atoms with Gasteiger partial charge in [0.15, 0.2) is 11.6 Å². The number of rotatable bonds is 2. The fraction of sp³-hybridized carbons (Fsp3) is 0.739. The summed E-state index contributed by atoms with van der Waals surface area (Å²) in [5, 5.41) is 22.9. The minimum Gasteiger partial charge on any atom is -0.393 e. The van der Waals surface area contributed by atoms with Gasteiger partial charge in [0.2, 0.25) is 0 Å². The van der Waals surface area contributed by atoms with E-state index in [0.29, 0.717) is 6.42 Å². The number of aliphatic hydroxyl groups excluding tert-OH is 1. The first kappa shape index (κ1) is 20.0. The molecule has 4 aliphatic rings. The van der Waals surface area contributed by atoms with Crippen molar-refractivity contribution < 1.29 is 19.8 Å². The Morgan fingerprint density at radius 1 is 1.29 bits per heavy atom. The average Bonchev–Trinajstić information content (AvgIpc) is 2.83. The Kier molecular flexibility index (Phi) is 4.36. The van der Waals surface area contributed by atoms with Crippen molar-refractivity contribution in [3.63, 3.8) is 0 Å². The largest absolute Gasteiger partial charge is 0.393 e. The minimum atomic E-state index is -1.49. The lowest BCUT2D eigenvalue weighted by molar-refractivity contribution is -0.182. The Bertz CT molecular complexity index is 787. The maximum absolute atomic E-state index is 12.8. The molecule has 0 aromatic carbocycles. The van der Waals surface area contributed by atoms with Gasteiger partial charge in [-0.15, -0.1) is 0 Å². The van der Waals surface area contributed by atoms with Crippen LogP contribution in [0.4, 0.5) is 0 Å². The first-order valence-electron chi connectivity index (χ1n) is 10.6. The molecule has 0 spiro atoms. The maximum atomic E-state index is 12.8. The van der Waals surface area contributed by atoms with E-state index < -0.39 is 17.1 Å². The molecule has 5 heteroatoms. The normalized spacial score (nSPS) is 52.5. The summed E-state index contributed by atoms with van der Waals surface area (Å²) >= 11 is 0. The molecule has 9 atom stereocenters. The van der Waals surface area contributed by atoms with Gasteiger partial charge in [-0.2, -0.15) is 0 Å². The highest BCUT2D eigenvalue weighted by Gasteiger charge is 2.70. The molecular formula is C23H33NO4. The van der Waals surface area contributed by atoms with Crippen molar-refractivity contribution in [3.05, 3.63) is 23.8 Å². The third kappa shape index (κ3) is 2.24. The van der Waals surface area contributed by atoms with Gasteiger partial charge in [-0.25, -0.2) is 0 Å². The van der Waals surface area contributed by atoms with E-state index in [-0.39, 0.29) is 53.1 Å². The van der Waals surface area contributed by atoms with E-state index in [1.165, 1.54) is 0 Å². The molecule has 0 saturated heterocycles. The van der Waals surface area contributed by atoms with Gasteiger partial charge in [-0.05, 0) is 55.1 Å². The standard InChI is InChI=1S/C23H33NO4/c1-12-7-15-17-8-13(2)23(28,19(27)11-24)22(17,4)10-18(26)20(15)21(3)6-5-14(25)9-16(12)21/h5-6,9,12-13,15,17-18,20,26,28H,7-8,10-11,24H2,1-4H3/t12-,13+,15-,17-,18-,20+,21-,22-,23-/m0/s1. The molecule has 0 heterocycles. The van der Waals surface area contributed by atoms with Crippen LogP contribution in [0.2, 0.25) is 0 Å². The summed E-state index contributed by atoms with van der Waals surface area (Å²) in [5.74, 6) is 0.0608. The molecule has 3 saturated carbocycles. The summed E-state index contributed by atoms with van der Waals surface area (Å²) in [6.07, 6.45) is 6.73. The van der Waals surface area contributed by atoms with Crippen LogP contribution in [0.25, 0.3) is 0 Å². The number of hydrogen-bond donors (Lipinski definition) is 3. The van der Waals surface area contributed by atoms with Crippen LogP contribution in [0.5, 0.6) is 0 Å². The minimum absolute atomic E-state index is 0.0140. The number of fused-ring (bicyclic) bond motifs is 5. The monoisotopic (exact) mass is 387 g/mol. The fourth-order valence-corrected chi connectivity index (χ4v) is 7.83. The summed E-state index contributed by atoms with van der Waals surface area (Å²) in [5.41, 5.74) is 4.25. The molecule has 0 aromatic rings. The lowest BCUT2D eigenvalue weighted by Gasteiger charge is -2.60. The van der Waals surface area contributed by atoms with Crippen LogP contribution in [0.3, 0.4) is 0 Å². The van der Waals surface area contributed by atoms with E-state index in [4.69, 9.17) is 5.73 Å². The number of ketones is 2. The zero-order chi connectivity index (χ0) is 20.6. The predicted octanol–water partition coefficient (Wildman–Crippen LogP) is 2.02. The number of aliphatic hydroxyl groups is 2. The molecule has 0 amide bonds. The van der Waals surface area contributed by atoms with E-state index in [9.17, 15) is 19.8 Å². The third-order valence-electron chi connectivity index (χ3n) is 9.01. The van der Waals surface area contributed by atoms with Crippen molar-refractivity contribution in [2.24, 2.45) is 46.2 Å². The third-order valence-corrected chi connectivity index (χ3v) is 9.01. The number of Topliss-reactive ketones (excluding diaryl/α,β-unsaturated/α-hetero) is 1. The summed E-state index contributed by atoms with van der Waals surface area (Å²) in [6, 6.07) is 0. The second-order valence-corrected chi connectivity index (χ2v) is 10.3. The van der Waals surface area contributed by atoms with Crippen LogP contribution < -0.4 is 5.73 Å². The summed E-state index contributed by atoms with van der Waals surface area (Å²) in [7, 11) is 0. The van der Waals surface area contributed by atoms with Gasteiger partial charge >= 0.3 is 0 Å². The van der Waals surface area contributed by atoms with Crippen molar-refractivity contribution in [2.75, 3.05) is 6.54 Å². The number of nitrogens with two attached hydrogens (primary N) is 1. The van der Waals surface area contributed by atoms with Crippen LogP contribution in [-0.4, -0.2) is 40.0 Å². The van der Waals surface area contributed by atoms with E-state index >= 15 is 0 Å². The molecule has 0 bridgehead atoms. The number of carbonyl (C=O) groups is 2. The van der Waals surface area contributed by atoms with Crippen LogP contribution >= 0.6 is 0 Å². The molecule has 28 heavy (non-hydrogen) atoms. The zero-order valence-corrected chi connectivity index (χ0v) is 17.3. The molecule has 4 aliphatic carbocycles. The molecule has 4 N–H and O–H groups in total. The van der Waals surface area contributed by atoms with Gasteiger partial charge in [0.1, 0.15) is 5.60 Å². The molecule has 0 radical (unpaired) electrons. The molecular weight excluding hydrogens is 354 g/mol. The van der Waals surface area contributed by atoms with Crippen molar-refractivity contribution in [2.45, 2.75) is 58.7 Å². The van der Waals surface area contributed by atoms with Crippen LogP contribution in [0, 0.1) is 40.4 Å². The Labute approximate surface area is 167 Å². The number of hydrogen-bond acceptors (Lipinski definition) is 5. The Balaban J connectivity index is 1.81. The first-order valence-corrected chi connectivity index (χ1v) is 10.6.